The van der Waals surface area contributed by atoms with E-state index in [9.17, 15) is 4.79 Å². The first-order valence-electron chi connectivity index (χ1n) is 7.83. The number of hydrogen-bond acceptors (Lipinski definition) is 6. The van der Waals surface area contributed by atoms with E-state index in [4.69, 9.17) is 14.2 Å². The number of carbonyl (C=O) groups excluding carboxylic acids is 1. The SMILES string of the molecule is CO/C=C(/C(=O)OC)c1ccccc1COCc1cnc(C)c(C)n1. The van der Waals surface area contributed by atoms with Crippen molar-refractivity contribution in [2.45, 2.75) is 27.1 Å². The van der Waals surface area contributed by atoms with Crippen LogP contribution in [0.2, 0.25) is 0 Å². The van der Waals surface area contributed by atoms with Gasteiger partial charge in [0.15, 0.2) is 0 Å². The van der Waals surface area contributed by atoms with Crippen LogP contribution in [0.1, 0.15) is 28.2 Å². The summed E-state index contributed by atoms with van der Waals surface area (Å²) in [5, 5.41) is 0. The number of benzene rings is 1. The number of carbonyl (C=O) groups is 1. The molecule has 0 spiro atoms. The van der Waals surface area contributed by atoms with E-state index < -0.39 is 5.97 Å². The van der Waals surface area contributed by atoms with E-state index in [1.807, 2.05) is 38.1 Å². The van der Waals surface area contributed by atoms with E-state index in [0.717, 1.165) is 22.6 Å². The van der Waals surface area contributed by atoms with Crippen LogP contribution in [0.5, 0.6) is 0 Å². The molecule has 2 rings (SSSR count). The molecule has 0 bridgehead atoms. The molecule has 2 aromatic rings. The van der Waals surface area contributed by atoms with Gasteiger partial charge in [0.25, 0.3) is 0 Å². The van der Waals surface area contributed by atoms with Crippen molar-refractivity contribution in [1.82, 2.24) is 9.97 Å². The molecule has 0 aliphatic carbocycles. The van der Waals surface area contributed by atoms with E-state index in [-0.39, 0.29) is 0 Å². The normalized spacial score (nSPS) is 11.3. The third kappa shape index (κ3) is 4.87. The minimum absolute atomic E-state index is 0.322. The fourth-order valence-electron chi connectivity index (χ4n) is 2.28. The Hall–Kier alpha value is -2.73. The maximum atomic E-state index is 12.0. The Morgan fingerprint density at radius 1 is 1.12 bits per heavy atom. The first kappa shape index (κ1) is 18.6. The van der Waals surface area contributed by atoms with Gasteiger partial charge in [0.2, 0.25) is 0 Å². The van der Waals surface area contributed by atoms with Gasteiger partial charge in [-0.05, 0) is 25.0 Å². The number of rotatable bonds is 7. The van der Waals surface area contributed by atoms with Crippen molar-refractivity contribution in [1.29, 1.82) is 0 Å². The summed E-state index contributed by atoms with van der Waals surface area (Å²) in [6, 6.07) is 7.46. The second kappa shape index (κ2) is 8.94. The van der Waals surface area contributed by atoms with Gasteiger partial charge in [-0.25, -0.2) is 4.79 Å². The fraction of sp³-hybridized carbons (Fsp3) is 0.316. The monoisotopic (exact) mass is 342 g/mol. The molecule has 0 aliphatic rings. The maximum Gasteiger partial charge on any atom is 0.341 e. The summed E-state index contributed by atoms with van der Waals surface area (Å²) in [7, 11) is 2.82. The summed E-state index contributed by atoms with van der Waals surface area (Å²) in [4.78, 5) is 20.7. The van der Waals surface area contributed by atoms with Crippen LogP contribution in [-0.4, -0.2) is 30.2 Å². The van der Waals surface area contributed by atoms with Crippen LogP contribution < -0.4 is 0 Å². The van der Waals surface area contributed by atoms with Gasteiger partial charge in [0.1, 0.15) is 5.57 Å². The predicted octanol–water partition coefficient (Wildman–Crippen LogP) is 2.97. The van der Waals surface area contributed by atoms with Crippen LogP contribution in [0.25, 0.3) is 5.57 Å². The highest BCUT2D eigenvalue weighted by Crippen LogP contribution is 2.22. The van der Waals surface area contributed by atoms with Crippen LogP contribution in [0.3, 0.4) is 0 Å². The number of nitrogens with zero attached hydrogens (tertiary/aromatic N) is 2. The number of methoxy groups -OCH3 is 2. The molecule has 1 heterocycles. The summed E-state index contributed by atoms with van der Waals surface area (Å²) in [5.74, 6) is -0.464. The lowest BCUT2D eigenvalue weighted by atomic mass is 10.0. The molecule has 0 amide bonds. The van der Waals surface area contributed by atoms with E-state index in [2.05, 4.69) is 9.97 Å². The highest BCUT2D eigenvalue weighted by atomic mass is 16.5. The highest BCUT2D eigenvalue weighted by molar-refractivity contribution is 6.16. The molecular weight excluding hydrogens is 320 g/mol. The number of aryl methyl sites for hydroxylation is 2. The minimum Gasteiger partial charge on any atom is -0.503 e. The van der Waals surface area contributed by atoms with Gasteiger partial charge in [-0.15, -0.1) is 0 Å². The second-order valence-electron chi connectivity index (χ2n) is 5.44. The molecule has 0 saturated carbocycles. The molecular formula is C19H22N2O4. The Morgan fingerprint density at radius 3 is 2.56 bits per heavy atom. The van der Waals surface area contributed by atoms with Crippen LogP contribution in [0.4, 0.5) is 0 Å². The Kier molecular flexibility index (Phi) is 6.65. The number of esters is 1. The summed E-state index contributed by atoms with van der Waals surface area (Å²) < 4.78 is 15.6. The second-order valence-corrected chi connectivity index (χ2v) is 5.44. The molecule has 1 aromatic heterocycles. The minimum atomic E-state index is -0.464. The molecule has 0 radical (unpaired) electrons. The molecule has 132 valence electrons. The molecule has 0 N–H and O–H groups in total. The fourth-order valence-corrected chi connectivity index (χ4v) is 2.28. The standard InChI is InChI=1S/C19H22N2O4/c1-13-14(2)21-16(9-20-13)11-25-10-15-7-5-6-8-17(15)18(12-23-3)19(22)24-4/h5-9,12H,10-11H2,1-4H3/b18-12+. The van der Waals surface area contributed by atoms with Crippen molar-refractivity contribution in [2.24, 2.45) is 0 Å². The van der Waals surface area contributed by atoms with Crippen LogP contribution in [0.15, 0.2) is 36.7 Å². The van der Waals surface area contributed by atoms with Gasteiger partial charge in [-0.2, -0.15) is 0 Å². The summed E-state index contributed by atoms with van der Waals surface area (Å²) >= 11 is 0. The van der Waals surface area contributed by atoms with Gasteiger partial charge >= 0.3 is 5.97 Å². The van der Waals surface area contributed by atoms with Gasteiger partial charge in [0.05, 0.1) is 57.0 Å². The van der Waals surface area contributed by atoms with Crippen molar-refractivity contribution >= 4 is 11.5 Å². The van der Waals surface area contributed by atoms with Crippen molar-refractivity contribution in [2.75, 3.05) is 14.2 Å². The van der Waals surface area contributed by atoms with Gasteiger partial charge in [0, 0.05) is 0 Å². The first-order chi connectivity index (χ1) is 12.1. The van der Waals surface area contributed by atoms with Crippen molar-refractivity contribution < 1.29 is 19.0 Å². The summed E-state index contributed by atoms with van der Waals surface area (Å²) in [6.45, 7) is 4.49. The number of aromatic nitrogens is 2. The molecule has 0 atom stereocenters. The molecule has 0 saturated heterocycles. The Labute approximate surface area is 147 Å². The van der Waals surface area contributed by atoms with Crippen LogP contribution >= 0.6 is 0 Å². The van der Waals surface area contributed by atoms with E-state index in [1.54, 1.807) is 6.20 Å². The summed E-state index contributed by atoms with van der Waals surface area (Å²) in [6.07, 6.45) is 3.08. The highest BCUT2D eigenvalue weighted by Gasteiger charge is 2.16. The van der Waals surface area contributed by atoms with Gasteiger partial charge in [-0.3, -0.25) is 9.97 Å². The van der Waals surface area contributed by atoms with Crippen LogP contribution in [-0.2, 0) is 32.2 Å². The molecule has 1 aromatic carbocycles. The lowest BCUT2D eigenvalue weighted by Gasteiger charge is -2.12. The molecule has 0 unspecified atom stereocenters. The molecule has 0 fully saturated rings. The number of ether oxygens (including phenoxy) is 3. The van der Waals surface area contributed by atoms with E-state index in [0.29, 0.717) is 24.4 Å². The molecule has 25 heavy (non-hydrogen) atoms. The Morgan fingerprint density at radius 2 is 1.88 bits per heavy atom. The quantitative estimate of drug-likeness (QED) is 0.438. The van der Waals surface area contributed by atoms with E-state index >= 15 is 0 Å². The van der Waals surface area contributed by atoms with E-state index in [1.165, 1.54) is 20.5 Å². The Bertz CT molecular complexity index is 772. The lowest BCUT2D eigenvalue weighted by Crippen LogP contribution is -2.08. The lowest BCUT2D eigenvalue weighted by molar-refractivity contribution is -0.133. The van der Waals surface area contributed by atoms with Crippen LogP contribution in [0, 0.1) is 13.8 Å². The smallest absolute Gasteiger partial charge is 0.341 e. The third-order valence-electron chi connectivity index (χ3n) is 3.70. The maximum absolute atomic E-state index is 12.0. The molecule has 0 aliphatic heterocycles. The molecule has 6 heteroatoms. The average molecular weight is 342 g/mol. The van der Waals surface area contributed by atoms with Gasteiger partial charge in [-0.1, -0.05) is 24.3 Å². The van der Waals surface area contributed by atoms with Crippen molar-refractivity contribution in [3.8, 4) is 0 Å². The first-order valence-corrected chi connectivity index (χ1v) is 7.83. The zero-order chi connectivity index (χ0) is 18.2. The zero-order valence-electron chi connectivity index (χ0n) is 14.9. The zero-order valence-corrected chi connectivity index (χ0v) is 14.9. The third-order valence-corrected chi connectivity index (χ3v) is 3.70. The van der Waals surface area contributed by atoms with Crippen molar-refractivity contribution in [3.05, 3.63) is 64.9 Å². The summed E-state index contributed by atoms with van der Waals surface area (Å²) in [5.41, 5.74) is 4.46. The topological polar surface area (TPSA) is 70.5 Å². The van der Waals surface area contributed by atoms with Gasteiger partial charge < -0.3 is 14.2 Å². The largest absolute Gasteiger partial charge is 0.503 e. The Balaban J connectivity index is 2.13. The number of hydrogen-bond donors (Lipinski definition) is 0. The molecule has 6 nitrogen and oxygen atoms in total. The average Bonchev–Trinajstić information content (AvgIpc) is 2.62. The predicted molar refractivity (Wildman–Crippen MR) is 93.4 cm³/mol. The van der Waals surface area contributed by atoms with Crippen molar-refractivity contribution in [3.63, 3.8) is 0 Å².